The highest BCUT2D eigenvalue weighted by Gasteiger charge is 2.42. The van der Waals surface area contributed by atoms with Crippen LogP contribution in [-0.4, -0.2) is 96.9 Å². The van der Waals surface area contributed by atoms with E-state index in [1.54, 1.807) is 19.1 Å². The van der Waals surface area contributed by atoms with Crippen molar-refractivity contribution in [3.8, 4) is 0 Å². The number of hydrogen-bond donors (Lipinski definition) is 2. The smallest absolute Gasteiger partial charge is 0.225 e. The molecule has 0 spiro atoms. The second-order valence-electron chi connectivity index (χ2n) is 14.7. The van der Waals surface area contributed by atoms with E-state index >= 15 is 0 Å². The molecule has 3 amide bonds. The summed E-state index contributed by atoms with van der Waals surface area (Å²) in [5.74, 6) is -0.0231. The first-order valence-corrected chi connectivity index (χ1v) is 18.1. The second-order valence-corrected chi connectivity index (χ2v) is 14.7. The topological polar surface area (TPSA) is 108 Å². The Hall–Kier alpha value is -2.23. The fraction of sp³-hybridized carbons (Fsp3) is 0.816. The van der Waals surface area contributed by atoms with Crippen LogP contribution in [-0.2, 0) is 23.9 Å². The first-order chi connectivity index (χ1) is 22.0. The van der Waals surface area contributed by atoms with Gasteiger partial charge in [0.15, 0.2) is 0 Å². The lowest BCUT2D eigenvalue weighted by Gasteiger charge is -2.39. The molecule has 47 heavy (non-hydrogen) atoms. The van der Waals surface area contributed by atoms with E-state index in [9.17, 15) is 19.5 Å². The first kappa shape index (κ1) is 40.9. The van der Waals surface area contributed by atoms with Gasteiger partial charge in [0.1, 0.15) is 0 Å². The van der Waals surface area contributed by atoms with Crippen LogP contribution in [0.25, 0.3) is 0 Å². The van der Waals surface area contributed by atoms with Gasteiger partial charge in [-0.2, -0.15) is 0 Å². The Morgan fingerprint density at radius 3 is 2.23 bits per heavy atom. The number of likely N-dealkylation sites (N-methyl/N-ethyl adjacent to an activating group) is 1. The van der Waals surface area contributed by atoms with Gasteiger partial charge in [0, 0.05) is 40.2 Å². The van der Waals surface area contributed by atoms with Crippen molar-refractivity contribution in [1.82, 2.24) is 15.1 Å². The number of likely N-dealkylation sites (tertiary alicyclic amines) is 1. The normalized spacial score (nSPS) is 24.7. The lowest BCUT2D eigenvalue weighted by atomic mass is 9.75. The van der Waals surface area contributed by atoms with Crippen LogP contribution in [0.4, 0.5) is 0 Å². The second kappa shape index (κ2) is 18.5. The molecule has 3 unspecified atom stereocenters. The molecule has 1 saturated heterocycles. The third kappa shape index (κ3) is 9.91. The molecule has 2 aliphatic rings. The van der Waals surface area contributed by atoms with Gasteiger partial charge >= 0.3 is 0 Å². The average Bonchev–Trinajstić information content (AvgIpc) is 3.51. The number of allylic oxidation sites excluding steroid dienone is 3. The Labute approximate surface area is 285 Å². The number of nitrogens with zero attached hydrogens (tertiary/aromatic N) is 2. The van der Waals surface area contributed by atoms with Gasteiger partial charge in [0.05, 0.1) is 48.8 Å². The number of methoxy groups -OCH3 is 2. The Morgan fingerprint density at radius 1 is 1.06 bits per heavy atom. The summed E-state index contributed by atoms with van der Waals surface area (Å²) in [6.45, 7) is 21.1. The monoisotopic (exact) mass is 662 g/mol. The fourth-order valence-electron chi connectivity index (χ4n) is 7.92. The maximum atomic E-state index is 13.9. The minimum atomic E-state index is -0.808. The lowest BCUT2D eigenvalue weighted by Crippen LogP contribution is -2.54. The van der Waals surface area contributed by atoms with E-state index in [1.807, 2.05) is 39.6 Å². The molecule has 0 aromatic carbocycles. The van der Waals surface area contributed by atoms with E-state index in [4.69, 9.17) is 9.47 Å². The Bertz CT molecular complexity index is 1120. The number of hydrogen-bond acceptors (Lipinski definition) is 6. The highest BCUT2D eigenvalue weighted by molar-refractivity contribution is 5.81. The van der Waals surface area contributed by atoms with Crippen molar-refractivity contribution in [3.63, 3.8) is 0 Å². The highest BCUT2D eigenvalue weighted by atomic mass is 16.5. The first-order valence-electron chi connectivity index (χ1n) is 18.1. The van der Waals surface area contributed by atoms with Gasteiger partial charge in [-0.1, -0.05) is 79.0 Å². The summed E-state index contributed by atoms with van der Waals surface area (Å²) in [5.41, 5.74) is 3.66. The van der Waals surface area contributed by atoms with E-state index in [2.05, 4.69) is 52.9 Å². The predicted octanol–water partition coefficient (Wildman–Crippen LogP) is 5.76. The maximum Gasteiger partial charge on any atom is 0.225 e. The van der Waals surface area contributed by atoms with Crippen molar-refractivity contribution >= 4 is 17.7 Å². The van der Waals surface area contributed by atoms with Gasteiger partial charge in [-0.25, -0.2) is 0 Å². The lowest BCUT2D eigenvalue weighted by molar-refractivity contribution is -0.146. The Morgan fingerprint density at radius 2 is 1.70 bits per heavy atom. The molecular weight excluding hydrogens is 594 g/mol. The minimum Gasteiger partial charge on any atom is -0.387 e. The maximum absolute atomic E-state index is 13.9. The van der Waals surface area contributed by atoms with Crippen LogP contribution in [0, 0.1) is 29.6 Å². The molecule has 1 fully saturated rings. The zero-order valence-corrected chi connectivity index (χ0v) is 31.8. The Balaban J connectivity index is 2.17. The molecule has 1 aliphatic heterocycles. The molecule has 1 aliphatic carbocycles. The van der Waals surface area contributed by atoms with E-state index in [0.717, 1.165) is 31.3 Å². The third-order valence-corrected chi connectivity index (χ3v) is 11.1. The molecule has 1 heterocycles. The predicted molar refractivity (Wildman–Crippen MR) is 189 cm³/mol. The number of nitrogens with one attached hydrogen (secondary N) is 1. The van der Waals surface area contributed by atoms with Crippen LogP contribution in [0.5, 0.6) is 0 Å². The molecule has 0 aromatic rings. The minimum absolute atomic E-state index is 0.0542. The van der Waals surface area contributed by atoms with E-state index in [0.29, 0.717) is 13.0 Å². The number of ether oxygens (including phenoxy) is 2. The molecule has 9 nitrogen and oxygen atoms in total. The van der Waals surface area contributed by atoms with Gasteiger partial charge in [-0.05, 0) is 56.4 Å². The number of aliphatic hydroxyl groups is 1. The zero-order chi connectivity index (χ0) is 35.7. The standard InChI is InChI=1S/C38H67N3O6/c1-14-23(5)35(40(11)33(42)19-22(3)4)32(46-12)21-34(43)41-18-16-17-31(41)37(47-13)27(9)38(45)39-28(10)36(44)30-20-24(6)29(15-2)25(7)26(30)8/h20,22-24,26-28,31-32,35-37,44H,14-19,21H2,1-13H3,(H,39,45)/t23-,24?,26?,27+,28+,31-,32+,35?,36+,37+/m0/s1. The molecule has 270 valence electrons. The SMILES string of the molecule is CCC1=C(C)C(C)C([C@H](O)[C@@H](C)NC(=O)[C@H](C)[C@@H](OC)[C@@H]2CCCN2C(=O)C[C@@H](OC)C([C@@H](C)CC)N(C)C(=O)CC(C)C)=CC1C. The van der Waals surface area contributed by atoms with Crippen LogP contribution < -0.4 is 5.32 Å². The largest absolute Gasteiger partial charge is 0.387 e. The van der Waals surface area contributed by atoms with Crippen molar-refractivity contribution in [2.24, 2.45) is 29.6 Å². The van der Waals surface area contributed by atoms with E-state index < -0.39 is 30.3 Å². The van der Waals surface area contributed by atoms with E-state index in [-0.39, 0.29) is 59.9 Å². The van der Waals surface area contributed by atoms with Gasteiger partial charge in [-0.15, -0.1) is 0 Å². The van der Waals surface area contributed by atoms with Crippen LogP contribution in [0.1, 0.15) is 108 Å². The number of carbonyl (C=O) groups is 3. The molecule has 9 heteroatoms. The number of rotatable bonds is 17. The summed E-state index contributed by atoms with van der Waals surface area (Å²) in [7, 11) is 5.03. The van der Waals surface area contributed by atoms with Gasteiger partial charge < -0.3 is 29.7 Å². The van der Waals surface area contributed by atoms with Crippen LogP contribution in [0.2, 0.25) is 0 Å². The number of carbonyl (C=O) groups excluding carboxylic acids is 3. The summed E-state index contributed by atoms with van der Waals surface area (Å²) in [6.07, 6.45) is 4.33. The van der Waals surface area contributed by atoms with Crippen molar-refractivity contribution < 1.29 is 29.0 Å². The van der Waals surface area contributed by atoms with Gasteiger partial charge in [0.2, 0.25) is 17.7 Å². The van der Waals surface area contributed by atoms with Crippen molar-refractivity contribution in [1.29, 1.82) is 0 Å². The Kier molecular flexibility index (Phi) is 16.1. The number of aliphatic hydroxyl groups excluding tert-OH is 1. The molecule has 0 saturated carbocycles. The van der Waals surface area contributed by atoms with Crippen LogP contribution >= 0.6 is 0 Å². The summed E-state index contributed by atoms with van der Waals surface area (Å²) in [4.78, 5) is 44.3. The van der Waals surface area contributed by atoms with Crippen LogP contribution in [0.3, 0.4) is 0 Å². The summed E-state index contributed by atoms with van der Waals surface area (Å²) in [6, 6.07) is -0.999. The quantitative estimate of drug-likeness (QED) is 0.192. The molecule has 0 radical (unpaired) electrons. The molecule has 2 N–H and O–H groups in total. The third-order valence-electron chi connectivity index (χ3n) is 11.1. The fourth-order valence-corrected chi connectivity index (χ4v) is 7.92. The number of amides is 3. The van der Waals surface area contributed by atoms with Gasteiger partial charge in [0.25, 0.3) is 0 Å². The average molecular weight is 662 g/mol. The molecule has 0 aromatic heterocycles. The van der Waals surface area contributed by atoms with Crippen LogP contribution in [0.15, 0.2) is 22.8 Å². The van der Waals surface area contributed by atoms with Crippen molar-refractivity contribution in [3.05, 3.63) is 22.8 Å². The van der Waals surface area contributed by atoms with E-state index in [1.165, 1.54) is 11.1 Å². The molecular formula is C38H67N3O6. The molecule has 2 rings (SSSR count). The van der Waals surface area contributed by atoms with Crippen molar-refractivity contribution in [2.75, 3.05) is 27.8 Å². The molecule has 10 atom stereocenters. The highest BCUT2D eigenvalue weighted by Crippen LogP contribution is 2.37. The molecule has 0 bridgehead atoms. The summed E-state index contributed by atoms with van der Waals surface area (Å²) >= 11 is 0. The van der Waals surface area contributed by atoms with Gasteiger partial charge in [-0.3, -0.25) is 14.4 Å². The summed E-state index contributed by atoms with van der Waals surface area (Å²) < 4.78 is 11.9. The zero-order valence-electron chi connectivity index (χ0n) is 31.8. The summed E-state index contributed by atoms with van der Waals surface area (Å²) in [5, 5.41) is 14.4. The van der Waals surface area contributed by atoms with Crippen molar-refractivity contribution in [2.45, 2.75) is 144 Å².